The third-order valence-electron chi connectivity index (χ3n) is 2.38. The van der Waals surface area contributed by atoms with Crippen molar-refractivity contribution in [2.75, 3.05) is 0 Å². The van der Waals surface area contributed by atoms with Crippen LogP contribution in [-0.4, -0.2) is 0 Å². The molecule has 15 heavy (non-hydrogen) atoms. The molecule has 0 unspecified atom stereocenters. The molecular weight excluding hydrogens is 182 g/mol. The Hall–Kier alpha value is -1.55. The molecule has 1 heteroatoms. The second kappa shape index (κ2) is 4.31. The predicted molar refractivity (Wildman–Crippen MR) is 64.2 cm³/mol. The Morgan fingerprint density at radius 1 is 1.20 bits per heavy atom. The van der Waals surface area contributed by atoms with Crippen LogP contribution in [0.2, 0.25) is 0 Å². The van der Waals surface area contributed by atoms with Crippen molar-refractivity contribution >= 4 is 5.57 Å². The number of nitrogens with zero attached hydrogens (tertiary/aromatic N) is 1. The van der Waals surface area contributed by atoms with Gasteiger partial charge in [-0.3, -0.25) is 0 Å². The first-order chi connectivity index (χ1) is 6.95. The summed E-state index contributed by atoms with van der Waals surface area (Å²) >= 11 is 0. The van der Waals surface area contributed by atoms with Gasteiger partial charge in [0.2, 0.25) is 0 Å². The lowest BCUT2D eigenvalue weighted by Gasteiger charge is -2.22. The van der Waals surface area contributed by atoms with Gasteiger partial charge in [0.1, 0.15) is 0 Å². The number of allylic oxidation sites excluding steroid dienone is 2. The van der Waals surface area contributed by atoms with E-state index in [1.54, 1.807) is 6.08 Å². The zero-order chi connectivity index (χ0) is 11.5. The SMILES string of the molecule is Cc1ccc(C(=CC#N)C(C)(C)C)cc1. The Kier molecular flexibility index (Phi) is 3.31. The maximum Gasteiger partial charge on any atom is 0.0915 e. The summed E-state index contributed by atoms with van der Waals surface area (Å²) in [6, 6.07) is 10.4. The number of aryl methyl sites for hydroxylation is 1. The molecular formula is C14H17N. The molecule has 0 spiro atoms. The van der Waals surface area contributed by atoms with Crippen LogP contribution in [0.3, 0.4) is 0 Å². The largest absolute Gasteiger partial charge is 0.193 e. The fourth-order valence-corrected chi connectivity index (χ4v) is 1.53. The van der Waals surface area contributed by atoms with Crippen LogP contribution in [0, 0.1) is 23.7 Å². The van der Waals surface area contributed by atoms with Gasteiger partial charge in [-0.15, -0.1) is 0 Å². The van der Waals surface area contributed by atoms with Crippen LogP contribution in [0.15, 0.2) is 30.3 Å². The van der Waals surface area contributed by atoms with Gasteiger partial charge in [-0.25, -0.2) is 0 Å². The highest BCUT2D eigenvalue weighted by Crippen LogP contribution is 2.33. The molecule has 0 aliphatic rings. The molecule has 1 nitrogen and oxygen atoms in total. The molecule has 0 saturated carbocycles. The van der Waals surface area contributed by atoms with Crippen LogP contribution < -0.4 is 0 Å². The van der Waals surface area contributed by atoms with E-state index in [1.807, 2.05) is 0 Å². The Labute approximate surface area is 92.1 Å². The van der Waals surface area contributed by atoms with Crippen LogP contribution in [0.25, 0.3) is 5.57 Å². The topological polar surface area (TPSA) is 23.8 Å². The molecule has 0 aromatic heterocycles. The maximum absolute atomic E-state index is 8.79. The summed E-state index contributed by atoms with van der Waals surface area (Å²) in [6.45, 7) is 8.43. The van der Waals surface area contributed by atoms with Gasteiger partial charge < -0.3 is 0 Å². The fourth-order valence-electron chi connectivity index (χ4n) is 1.53. The minimum atomic E-state index is 0.00495. The number of hydrogen-bond acceptors (Lipinski definition) is 1. The summed E-state index contributed by atoms with van der Waals surface area (Å²) in [7, 11) is 0. The van der Waals surface area contributed by atoms with Gasteiger partial charge in [0.15, 0.2) is 0 Å². The summed E-state index contributed by atoms with van der Waals surface area (Å²) in [4.78, 5) is 0. The van der Waals surface area contributed by atoms with E-state index in [2.05, 4.69) is 58.0 Å². The first-order valence-corrected chi connectivity index (χ1v) is 5.12. The molecule has 1 rings (SSSR count). The average molecular weight is 199 g/mol. The van der Waals surface area contributed by atoms with E-state index < -0.39 is 0 Å². The Morgan fingerprint density at radius 3 is 2.13 bits per heavy atom. The molecule has 0 N–H and O–H groups in total. The van der Waals surface area contributed by atoms with Crippen LogP contribution >= 0.6 is 0 Å². The smallest absolute Gasteiger partial charge is 0.0915 e. The van der Waals surface area contributed by atoms with Crippen LogP contribution in [0.5, 0.6) is 0 Å². The first kappa shape index (κ1) is 11.5. The van der Waals surface area contributed by atoms with Crippen LogP contribution in [0.4, 0.5) is 0 Å². The highest BCUT2D eigenvalue weighted by molar-refractivity contribution is 5.71. The molecule has 0 aliphatic heterocycles. The van der Waals surface area contributed by atoms with Crippen molar-refractivity contribution in [2.45, 2.75) is 27.7 Å². The molecule has 0 bridgehead atoms. The molecule has 0 atom stereocenters. The van der Waals surface area contributed by atoms with Crippen LogP contribution in [0.1, 0.15) is 31.9 Å². The fraction of sp³-hybridized carbons (Fsp3) is 0.357. The second-order valence-corrected chi connectivity index (χ2v) is 4.80. The quantitative estimate of drug-likeness (QED) is 0.628. The molecule has 0 heterocycles. The molecule has 0 fully saturated rings. The van der Waals surface area contributed by atoms with E-state index in [1.165, 1.54) is 5.56 Å². The van der Waals surface area contributed by atoms with Gasteiger partial charge in [-0.2, -0.15) is 5.26 Å². The van der Waals surface area contributed by atoms with E-state index in [0.717, 1.165) is 11.1 Å². The van der Waals surface area contributed by atoms with Crippen molar-refractivity contribution in [3.05, 3.63) is 41.5 Å². The predicted octanol–water partition coefficient (Wildman–Crippen LogP) is 3.95. The Morgan fingerprint density at radius 2 is 1.73 bits per heavy atom. The molecule has 0 aliphatic carbocycles. The van der Waals surface area contributed by atoms with Gasteiger partial charge >= 0.3 is 0 Å². The first-order valence-electron chi connectivity index (χ1n) is 5.12. The number of hydrogen-bond donors (Lipinski definition) is 0. The molecule has 0 radical (unpaired) electrons. The number of rotatable bonds is 1. The lowest BCUT2D eigenvalue weighted by molar-refractivity contribution is 0.567. The molecule has 1 aromatic carbocycles. The summed E-state index contributed by atoms with van der Waals surface area (Å²) in [6.07, 6.45) is 1.64. The van der Waals surface area contributed by atoms with Gasteiger partial charge in [-0.05, 0) is 23.5 Å². The summed E-state index contributed by atoms with van der Waals surface area (Å²) in [5.74, 6) is 0. The van der Waals surface area contributed by atoms with Gasteiger partial charge in [-0.1, -0.05) is 50.6 Å². The maximum atomic E-state index is 8.79. The summed E-state index contributed by atoms with van der Waals surface area (Å²) in [5, 5.41) is 8.79. The minimum absolute atomic E-state index is 0.00495. The highest BCUT2D eigenvalue weighted by atomic mass is 14.3. The van der Waals surface area contributed by atoms with E-state index in [9.17, 15) is 0 Å². The number of benzene rings is 1. The van der Waals surface area contributed by atoms with E-state index in [0.29, 0.717) is 0 Å². The van der Waals surface area contributed by atoms with Crippen LogP contribution in [-0.2, 0) is 0 Å². The molecule has 0 amide bonds. The number of nitriles is 1. The van der Waals surface area contributed by atoms with Gasteiger partial charge in [0.25, 0.3) is 0 Å². The van der Waals surface area contributed by atoms with Crippen molar-refractivity contribution in [1.82, 2.24) is 0 Å². The van der Waals surface area contributed by atoms with Crippen molar-refractivity contribution in [3.63, 3.8) is 0 Å². The van der Waals surface area contributed by atoms with Gasteiger partial charge in [0.05, 0.1) is 6.07 Å². The second-order valence-electron chi connectivity index (χ2n) is 4.80. The zero-order valence-corrected chi connectivity index (χ0v) is 9.83. The van der Waals surface area contributed by atoms with Crippen molar-refractivity contribution in [2.24, 2.45) is 5.41 Å². The Bertz CT molecular complexity index is 396. The summed E-state index contributed by atoms with van der Waals surface area (Å²) in [5.41, 5.74) is 3.47. The monoisotopic (exact) mass is 199 g/mol. The van der Waals surface area contributed by atoms with Crippen molar-refractivity contribution in [1.29, 1.82) is 5.26 Å². The zero-order valence-electron chi connectivity index (χ0n) is 9.83. The van der Waals surface area contributed by atoms with Crippen molar-refractivity contribution in [3.8, 4) is 6.07 Å². The molecule has 78 valence electrons. The van der Waals surface area contributed by atoms with E-state index in [4.69, 9.17) is 5.26 Å². The average Bonchev–Trinajstić information content (AvgIpc) is 2.14. The minimum Gasteiger partial charge on any atom is -0.193 e. The Balaban J connectivity index is 3.19. The van der Waals surface area contributed by atoms with E-state index in [-0.39, 0.29) is 5.41 Å². The normalized spacial score (nSPS) is 12.3. The third-order valence-corrected chi connectivity index (χ3v) is 2.38. The lowest BCUT2D eigenvalue weighted by Crippen LogP contribution is -2.08. The summed E-state index contributed by atoms with van der Waals surface area (Å²) < 4.78 is 0. The van der Waals surface area contributed by atoms with E-state index >= 15 is 0 Å². The standard InChI is InChI=1S/C14H17N/c1-11-5-7-12(8-6-11)13(9-10-15)14(2,3)4/h5-9H,1-4H3. The third kappa shape index (κ3) is 2.95. The van der Waals surface area contributed by atoms with Crippen molar-refractivity contribution < 1.29 is 0 Å². The lowest BCUT2D eigenvalue weighted by atomic mass is 9.82. The highest BCUT2D eigenvalue weighted by Gasteiger charge is 2.18. The molecule has 0 saturated heterocycles. The molecule has 1 aromatic rings. The van der Waals surface area contributed by atoms with Gasteiger partial charge in [0, 0.05) is 6.08 Å².